The molecule has 2 fully saturated rings. The van der Waals surface area contributed by atoms with E-state index in [4.69, 9.17) is 0 Å². The maximum atomic E-state index is 12.3. The van der Waals surface area contributed by atoms with Crippen LogP contribution in [0.4, 0.5) is 0 Å². The third kappa shape index (κ3) is 4.26. The summed E-state index contributed by atoms with van der Waals surface area (Å²) in [5, 5.41) is 11.8. The van der Waals surface area contributed by atoms with Crippen LogP contribution in [0.25, 0.3) is 0 Å². The van der Waals surface area contributed by atoms with Gasteiger partial charge in [-0.1, -0.05) is 20.8 Å². The van der Waals surface area contributed by atoms with E-state index in [0.29, 0.717) is 19.1 Å². The Morgan fingerprint density at radius 1 is 1.38 bits per heavy atom. The highest BCUT2D eigenvalue weighted by Crippen LogP contribution is 2.23. The van der Waals surface area contributed by atoms with Crippen LogP contribution < -0.4 is 5.32 Å². The van der Waals surface area contributed by atoms with Crippen molar-refractivity contribution in [3.63, 3.8) is 0 Å². The number of likely N-dealkylation sites (tertiary alicyclic amines) is 2. The predicted molar refractivity (Wildman–Crippen MR) is 89.4 cm³/mol. The van der Waals surface area contributed by atoms with Crippen molar-refractivity contribution in [1.29, 1.82) is 0 Å². The summed E-state index contributed by atoms with van der Waals surface area (Å²) in [5.41, 5.74) is 0. The van der Waals surface area contributed by atoms with Gasteiger partial charge in [0.05, 0.1) is 5.92 Å². The summed E-state index contributed by atoms with van der Waals surface area (Å²) in [5.74, 6) is -2.02. The molecule has 7 heteroatoms. The van der Waals surface area contributed by atoms with Crippen molar-refractivity contribution in [1.82, 2.24) is 15.1 Å². The van der Waals surface area contributed by atoms with E-state index >= 15 is 0 Å². The summed E-state index contributed by atoms with van der Waals surface area (Å²) < 4.78 is 0. The second kappa shape index (κ2) is 7.96. The molecular formula is C17H29N3O4. The van der Waals surface area contributed by atoms with E-state index in [0.717, 1.165) is 25.9 Å². The fourth-order valence-electron chi connectivity index (χ4n) is 3.68. The number of nitrogens with zero attached hydrogens (tertiary/aromatic N) is 2. The fraction of sp³-hybridized carbons (Fsp3) is 0.824. The molecular weight excluding hydrogens is 310 g/mol. The lowest BCUT2D eigenvalue weighted by molar-refractivity contribution is -0.143. The van der Waals surface area contributed by atoms with E-state index in [1.54, 1.807) is 18.7 Å². The molecule has 2 rings (SSSR count). The Kier molecular flexibility index (Phi) is 6.21. The Bertz CT molecular complexity index is 494. The van der Waals surface area contributed by atoms with Gasteiger partial charge in [-0.25, -0.2) is 4.79 Å². The first-order valence-electron chi connectivity index (χ1n) is 8.88. The normalized spacial score (nSPS) is 26.2. The molecule has 2 aliphatic rings. The zero-order valence-electron chi connectivity index (χ0n) is 14.8. The van der Waals surface area contributed by atoms with Gasteiger partial charge in [0.2, 0.25) is 11.8 Å². The van der Waals surface area contributed by atoms with Crippen molar-refractivity contribution in [3.05, 3.63) is 0 Å². The van der Waals surface area contributed by atoms with Crippen LogP contribution >= 0.6 is 0 Å². The lowest BCUT2D eigenvalue weighted by Gasteiger charge is -2.27. The number of hydrogen-bond donors (Lipinski definition) is 2. The van der Waals surface area contributed by atoms with E-state index < -0.39 is 17.9 Å². The second-order valence-corrected chi connectivity index (χ2v) is 7.19. The number of likely N-dealkylation sites (N-methyl/N-ethyl adjacent to an activating group) is 1. The molecule has 3 atom stereocenters. The van der Waals surface area contributed by atoms with Crippen LogP contribution in [0.3, 0.4) is 0 Å². The number of carbonyl (C=O) groups excluding carboxylic acids is 2. The van der Waals surface area contributed by atoms with Crippen LogP contribution in [0.2, 0.25) is 0 Å². The Balaban J connectivity index is 1.91. The van der Waals surface area contributed by atoms with Crippen molar-refractivity contribution in [2.75, 3.05) is 26.2 Å². The third-order valence-electron chi connectivity index (χ3n) is 5.15. The van der Waals surface area contributed by atoms with Gasteiger partial charge in [-0.05, 0) is 31.8 Å². The number of aliphatic carboxylic acids is 1. The van der Waals surface area contributed by atoms with Crippen LogP contribution in [-0.4, -0.2) is 71.0 Å². The van der Waals surface area contributed by atoms with Crippen molar-refractivity contribution >= 4 is 17.8 Å². The van der Waals surface area contributed by atoms with Crippen LogP contribution in [0, 0.1) is 11.8 Å². The summed E-state index contributed by atoms with van der Waals surface area (Å²) >= 11 is 0. The van der Waals surface area contributed by atoms with E-state index in [-0.39, 0.29) is 24.2 Å². The number of hydrogen-bond acceptors (Lipinski definition) is 4. The Morgan fingerprint density at radius 2 is 2.08 bits per heavy atom. The molecule has 0 aliphatic carbocycles. The molecule has 2 aliphatic heterocycles. The minimum absolute atomic E-state index is 0.00507. The van der Waals surface area contributed by atoms with Gasteiger partial charge in [0, 0.05) is 25.6 Å². The van der Waals surface area contributed by atoms with Gasteiger partial charge in [0.15, 0.2) is 0 Å². The lowest BCUT2D eigenvalue weighted by atomic mass is 10.0. The smallest absolute Gasteiger partial charge is 0.326 e. The van der Waals surface area contributed by atoms with E-state index in [1.165, 1.54) is 0 Å². The van der Waals surface area contributed by atoms with Gasteiger partial charge in [0.1, 0.15) is 6.04 Å². The summed E-state index contributed by atoms with van der Waals surface area (Å²) in [6.07, 6.45) is 2.41. The Labute approximate surface area is 143 Å². The minimum Gasteiger partial charge on any atom is -0.480 e. The molecule has 2 heterocycles. The summed E-state index contributed by atoms with van der Waals surface area (Å²) in [7, 11) is 0. The first kappa shape index (κ1) is 18.7. The lowest BCUT2D eigenvalue weighted by Crippen LogP contribution is -2.47. The van der Waals surface area contributed by atoms with Crippen molar-refractivity contribution < 1.29 is 19.5 Å². The largest absolute Gasteiger partial charge is 0.480 e. The molecule has 0 aromatic rings. The minimum atomic E-state index is -1.04. The average Bonchev–Trinajstić information content (AvgIpc) is 3.11. The molecule has 2 saturated heterocycles. The quantitative estimate of drug-likeness (QED) is 0.707. The number of rotatable bonds is 7. The van der Waals surface area contributed by atoms with Gasteiger partial charge in [-0.3, -0.25) is 14.5 Å². The Morgan fingerprint density at radius 3 is 2.67 bits per heavy atom. The highest BCUT2D eigenvalue weighted by Gasteiger charge is 2.38. The van der Waals surface area contributed by atoms with Gasteiger partial charge in [0.25, 0.3) is 0 Å². The molecule has 0 unspecified atom stereocenters. The van der Waals surface area contributed by atoms with Crippen LogP contribution in [-0.2, 0) is 14.4 Å². The van der Waals surface area contributed by atoms with Crippen LogP contribution in [0.15, 0.2) is 0 Å². The van der Waals surface area contributed by atoms with Crippen LogP contribution in [0.1, 0.15) is 40.0 Å². The number of amides is 2. The number of nitrogens with one attached hydrogen (secondary N) is 1. The zero-order valence-corrected chi connectivity index (χ0v) is 14.8. The second-order valence-electron chi connectivity index (χ2n) is 7.19. The highest BCUT2D eigenvalue weighted by molar-refractivity contribution is 5.91. The third-order valence-corrected chi connectivity index (χ3v) is 5.15. The molecule has 0 radical (unpaired) electrons. The molecule has 24 heavy (non-hydrogen) atoms. The standard InChI is InChI=1S/C17H29N3O4/c1-4-19-7-5-6-13(19)10-20-9-12(8-14(20)21)16(22)18-15(11(2)3)17(23)24/h11-13,15H,4-10H2,1-3H3,(H,18,22)(H,23,24)/t12-,13+,15+/m1/s1. The van der Waals surface area contributed by atoms with Gasteiger partial charge < -0.3 is 15.3 Å². The zero-order chi connectivity index (χ0) is 17.9. The fourth-order valence-corrected chi connectivity index (χ4v) is 3.68. The molecule has 0 aromatic carbocycles. The molecule has 136 valence electrons. The van der Waals surface area contributed by atoms with Crippen molar-refractivity contribution in [2.24, 2.45) is 11.8 Å². The molecule has 0 spiro atoms. The topological polar surface area (TPSA) is 89.9 Å². The van der Waals surface area contributed by atoms with E-state index in [9.17, 15) is 19.5 Å². The maximum Gasteiger partial charge on any atom is 0.326 e. The number of carboxylic acids is 1. The molecule has 2 amide bonds. The van der Waals surface area contributed by atoms with Gasteiger partial charge >= 0.3 is 5.97 Å². The predicted octanol–water partition coefficient (Wildman–Crippen LogP) is 0.545. The van der Waals surface area contributed by atoms with Crippen LogP contribution in [0.5, 0.6) is 0 Å². The van der Waals surface area contributed by atoms with Gasteiger partial charge in [-0.2, -0.15) is 0 Å². The summed E-state index contributed by atoms with van der Waals surface area (Å²) in [4.78, 5) is 40.0. The number of carbonyl (C=O) groups is 3. The Hall–Kier alpha value is -1.63. The first-order valence-corrected chi connectivity index (χ1v) is 8.88. The average molecular weight is 339 g/mol. The summed E-state index contributed by atoms with van der Waals surface area (Å²) in [6.45, 7) is 8.74. The SMILES string of the molecule is CCN1CCC[C@H]1CN1C[C@H](C(=O)N[C@H](C(=O)O)C(C)C)CC1=O. The molecule has 2 N–H and O–H groups in total. The van der Waals surface area contributed by atoms with E-state index in [1.807, 2.05) is 0 Å². The molecule has 0 aromatic heterocycles. The summed E-state index contributed by atoms with van der Waals surface area (Å²) in [6, 6.07) is -0.532. The maximum absolute atomic E-state index is 12.3. The van der Waals surface area contributed by atoms with Gasteiger partial charge in [-0.15, -0.1) is 0 Å². The molecule has 7 nitrogen and oxygen atoms in total. The van der Waals surface area contributed by atoms with E-state index in [2.05, 4.69) is 17.1 Å². The van der Waals surface area contributed by atoms with Crippen molar-refractivity contribution in [3.8, 4) is 0 Å². The van der Waals surface area contributed by atoms with Crippen molar-refractivity contribution in [2.45, 2.75) is 52.1 Å². The number of carboxylic acid groups (broad SMARTS) is 1. The molecule has 0 saturated carbocycles. The highest BCUT2D eigenvalue weighted by atomic mass is 16.4. The monoisotopic (exact) mass is 339 g/mol. The first-order chi connectivity index (χ1) is 11.3. The molecule has 0 bridgehead atoms.